The lowest BCUT2D eigenvalue weighted by Crippen LogP contribution is -2.49. The summed E-state index contributed by atoms with van der Waals surface area (Å²) in [5.41, 5.74) is 0.526. The number of aliphatic hydroxyl groups excluding tert-OH is 2. The van der Waals surface area contributed by atoms with Crippen molar-refractivity contribution in [2.45, 2.75) is 147 Å². The lowest BCUT2D eigenvalue weighted by atomic mass is 9.50. The van der Waals surface area contributed by atoms with Gasteiger partial charge in [-0.25, -0.2) is 0 Å². The second kappa shape index (κ2) is 10.7. The van der Waals surface area contributed by atoms with Crippen LogP contribution in [0.2, 0.25) is 0 Å². The van der Waals surface area contributed by atoms with E-state index in [1.54, 1.807) is 0 Å². The average Bonchev–Trinajstić information content (AvgIpc) is 2.86. The van der Waals surface area contributed by atoms with E-state index >= 15 is 0 Å². The van der Waals surface area contributed by atoms with E-state index in [1.807, 2.05) is 0 Å². The third-order valence-electron chi connectivity index (χ3n) is 11.6. The van der Waals surface area contributed by atoms with E-state index in [0.29, 0.717) is 17.3 Å². The SMILES string of the molecule is OC1CCC(C2(C3CCC(O)C(C4CCCCC4)C3)CCCCC2)CC1C1CCCCC1. The molecule has 2 N–H and O–H groups in total. The minimum absolute atomic E-state index is 0.0295. The molecular formula is C30H52O2. The monoisotopic (exact) mass is 444 g/mol. The van der Waals surface area contributed by atoms with Gasteiger partial charge in [-0.15, -0.1) is 0 Å². The van der Waals surface area contributed by atoms with Crippen LogP contribution in [0.3, 0.4) is 0 Å². The highest BCUT2D eigenvalue weighted by Gasteiger charge is 2.51. The van der Waals surface area contributed by atoms with Gasteiger partial charge in [0.05, 0.1) is 12.2 Å². The highest BCUT2D eigenvalue weighted by atomic mass is 16.3. The van der Waals surface area contributed by atoms with Gasteiger partial charge in [0.1, 0.15) is 0 Å². The van der Waals surface area contributed by atoms with E-state index in [9.17, 15) is 10.2 Å². The highest BCUT2D eigenvalue weighted by molar-refractivity contribution is 5.01. The number of rotatable bonds is 4. The lowest BCUT2D eigenvalue weighted by molar-refractivity contribution is -0.0926. The van der Waals surface area contributed by atoms with Crippen molar-refractivity contribution < 1.29 is 10.2 Å². The van der Waals surface area contributed by atoms with Crippen molar-refractivity contribution >= 4 is 0 Å². The normalized spacial score (nSPS) is 42.6. The van der Waals surface area contributed by atoms with Gasteiger partial charge < -0.3 is 10.2 Å². The summed E-state index contributed by atoms with van der Waals surface area (Å²) in [6, 6.07) is 0. The summed E-state index contributed by atoms with van der Waals surface area (Å²) in [6.45, 7) is 0. The van der Waals surface area contributed by atoms with Crippen molar-refractivity contribution in [3.63, 3.8) is 0 Å². The topological polar surface area (TPSA) is 40.5 Å². The third-order valence-corrected chi connectivity index (χ3v) is 11.6. The van der Waals surface area contributed by atoms with Crippen LogP contribution in [0.5, 0.6) is 0 Å². The Hall–Kier alpha value is -0.0800. The summed E-state index contributed by atoms with van der Waals surface area (Å²) < 4.78 is 0. The first-order valence-corrected chi connectivity index (χ1v) is 15.0. The van der Waals surface area contributed by atoms with Gasteiger partial charge in [0.25, 0.3) is 0 Å². The van der Waals surface area contributed by atoms with Crippen LogP contribution in [-0.2, 0) is 0 Å². The van der Waals surface area contributed by atoms with E-state index < -0.39 is 0 Å². The zero-order chi connectivity index (χ0) is 22.0. The second-order valence-corrected chi connectivity index (χ2v) is 13.1. The quantitative estimate of drug-likeness (QED) is 0.467. The van der Waals surface area contributed by atoms with Gasteiger partial charge in [0.15, 0.2) is 0 Å². The first-order chi connectivity index (χ1) is 15.7. The number of aliphatic hydroxyl groups is 2. The maximum Gasteiger partial charge on any atom is 0.0571 e. The van der Waals surface area contributed by atoms with E-state index in [1.165, 1.54) is 122 Å². The minimum Gasteiger partial charge on any atom is -0.393 e. The molecule has 5 fully saturated rings. The van der Waals surface area contributed by atoms with E-state index in [2.05, 4.69) is 0 Å². The molecule has 5 rings (SSSR count). The van der Waals surface area contributed by atoms with Crippen LogP contribution in [0, 0.1) is 40.9 Å². The Morgan fingerprint density at radius 1 is 0.438 bits per heavy atom. The molecule has 6 unspecified atom stereocenters. The molecule has 0 bridgehead atoms. The molecule has 0 amide bonds. The Balaban J connectivity index is 1.34. The van der Waals surface area contributed by atoms with E-state index in [0.717, 1.165) is 36.5 Å². The van der Waals surface area contributed by atoms with Crippen LogP contribution >= 0.6 is 0 Å². The maximum absolute atomic E-state index is 11.0. The van der Waals surface area contributed by atoms with Gasteiger partial charge in [0, 0.05) is 0 Å². The molecule has 0 heterocycles. The zero-order valence-electron chi connectivity index (χ0n) is 20.9. The molecule has 0 spiro atoms. The van der Waals surface area contributed by atoms with Crippen molar-refractivity contribution in [1.29, 1.82) is 0 Å². The van der Waals surface area contributed by atoms with Crippen molar-refractivity contribution in [2.75, 3.05) is 0 Å². The van der Waals surface area contributed by atoms with Gasteiger partial charge in [-0.3, -0.25) is 0 Å². The van der Waals surface area contributed by atoms with Crippen molar-refractivity contribution in [3.05, 3.63) is 0 Å². The Kier molecular flexibility index (Phi) is 7.89. The molecule has 0 saturated heterocycles. The van der Waals surface area contributed by atoms with Crippen LogP contribution in [0.15, 0.2) is 0 Å². The predicted octanol–water partition coefficient (Wildman–Crippen LogP) is 7.65. The van der Waals surface area contributed by atoms with Crippen molar-refractivity contribution in [1.82, 2.24) is 0 Å². The minimum atomic E-state index is -0.0295. The van der Waals surface area contributed by atoms with Gasteiger partial charge in [-0.1, -0.05) is 83.5 Å². The fourth-order valence-corrected chi connectivity index (χ4v) is 9.92. The van der Waals surface area contributed by atoms with Crippen LogP contribution in [0.25, 0.3) is 0 Å². The van der Waals surface area contributed by atoms with Crippen molar-refractivity contribution in [3.8, 4) is 0 Å². The number of hydrogen-bond donors (Lipinski definition) is 2. The summed E-state index contributed by atoms with van der Waals surface area (Å²) in [4.78, 5) is 0. The molecule has 2 nitrogen and oxygen atoms in total. The summed E-state index contributed by atoms with van der Waals surface area (Å²) >= 11 is 0. The maximum atomic E-state index is 11.0. The first kappa shape index (κ1) is 23.7. The van der Waals surface area contributed by atoms with Crippen LogP contribution in [0.4, 0.5) is 0 Å². The van der Waals surface area contributed by atoms with E-state index in [4.69, 9.17) is 0 Å². The molecule has 0 aliphatic heterocycles. The molecule has 32 heavy (non-hydrogen) atoms. The van der Waals surface area contributed by atoms with Gasteiger partial charge in [-0.05, 0) is 92.3 Å². The van der Waals surface area contributed by atoms with Gasteiger partial charge in [-0.2, -0.15) is 0 Å². The lowest BCUT2D eigenvalue weighted by Gasteiger charge is -2.56. The molecule has 2 heteroatoms. The molecule has 5 saturated carbocycles. The first-order valence-electron chi connectivity index (χ1n) is 15.0. The summed E-state index contributed by atoms with van der Waals surface area (Å²) in [5, 5.41) is 22.1. The van der Waals surface area contributed by atoms with Crippen molar-refractivity contribution in [2.24, 2.45) is 40.9 Å². The summed E-state index contributed by atoms with van der Waals surface area (Å²) in [7, 11) is 0. The summed E-state index contributed by atoms with van der Waals surface area (Å²) in [6.07, 6.45) is 28.4. The molecule has 5 aliphatic rings. The molecular weight excluding hydrogens is 392 g/mol. The zero-order valence-corrected chi connectivity index (χ0v) is 20.9. The average molecular weight is 445 g/mol. The molecule has 184 valence electrons. The Labute approximate surface area is 198 Å². The second-order valence-electron chi connectivity index (χ2n) is 13.1. The smallest absolute Gasteiger partial charge is 0.0571 e. The number of hydrogen-bond acceptors (Lipinski definition) is 2. The highest BCUT2D eigenvalue weighted by Crippen LogP contribution is 2.59. The summed E-state index contributed by atoms with van der Waals surface area (Å²) in [5.74, 6) is 4.43. The van der Waals surface area contributed by atoms with Crippen LogP contribution < -0.4 is 0 Å². The fourth-order valence-electron chi connectivity index (χ4n) is 9.92. The molecule has 0 aromatic carbocycles. The standard InChI is InChI=1S/C30H52O2/c31-28-16-14-24(20-26(28)22-10-4-1-5-11-22)30(18-8-3-9-19-30)25-15-17-29(32)27(21-25)23-12-6-2-7-13-23/h22-29,31-32H,1-21H2. The molecule has 0 radical (unpaired) electrons. The molecule has 0 aromatic rings. The fraction of sp³-hybridized carbons (Fsp3) is 1.00. The van der Waals surface area contributed by atoms with Gasteiger partial charge in [0.2, 0.25) is 0 Å². The van der Waals surface area contributed by atoms with Crippen LogP contribution in [0.1, 0.15) is 135 Å². The Morgan fingerprint density at radius 2 is 0.844 bits per heavy atom. The Bertz CT molecular complexity index is 525. The predicted molar refractivity (Wildman–Crippen MR) is 132 cm³/mol. The van der Waals surface area contributed by atoms with E-state index in [-0.39, 0.29) is 12.2 Å². The third kappa shape index (κ3) is 4.84. The largest absolute Gasteiger partial charge is 0.393 e. The molecule has 6 atom stereocenters. The Morgan fingerprint density at radius 3 is 1.28 bits per heavy atom. The molecule has 0 aromatic heterocycles. The molecule has 5 aliphatic carbocycles. The van der Waals surface area contributed by atoms with Gasteiger partial charge >= 0.3 is 0 Å². The van der Waals surface area contributed by atoms with Crippen LogP contribution in [-0.4, -0.2) is 22.4 Å².